The second-order valence-electron chi connectivity index (χ2n) is 25.6. The van der Waals surface area contributed by atoms with Crippen molar-refractivity contribution in [3.8, 4) is 79.7 Å². The average molecular weight is 1360 g/mol. The molecule has 8 aromatic heterocycles. The van der Waals surface area contributed by atoms with E-state index < -0.39 is 0 Å². The highest BCUT2D eigenvalue weighted by atomic mass is 32.1. The maximum Gasteiger partial charge on any atom is 0.164 e. The fourth-order valence-corrected chi connectivity index (χ4v) is 18.5. The number of furan rings is 1. The first-order chi connectivity index (χ1) is 50.5. The molecule has 22 aromatic rings. The molecule has 14 aromatic carbocycles. The number of nitrogens with zero attached hydrogens (tertiary/aromatic N) is 8. The molecule has 0 N–H and O–H groups in total. The Hall–Kier alpha value is -12.8. The molecule has 9 nitrogen and oxygen atoms in total. The van der Waals surface area contributed by atoms with Crippen molar-refractivity contribution in [3.63, 3.8) is 0 Å². The summed E-state index contributed by atoms with van der Waals surface area (Å²) in [5.41, 5.74) is 14.6. The molecule has 0 unspecified atom stereocenters. The summed E-state index contributed by atoms with van der Waals surface area (Å²) in [7, 11) is 0. The van der Waals surface area contributed by atoms with Gasteiger partial charge < -0.3 is 13.6 Å². The van der Waals surface area contributed by atoms with Crippen LogP contribution in [0.15, 0.2) is 320 Å². The van der Waals surface area contributed by atoms with Gasteiger partial charge in [0.05, 0.1) is 26.8 Å². The highest BCUT2D eigenvalue weighted by Gasteiger charge is 2.23. The fourth-order valence-electron chi connectivity index (χ4n) is 15.0. The first kappa shape index (κ1) is 58.2. The summed E-state index contributed by atoms with van der Waals surface area (Å²) in [4.78, 5) is 29.7. The van der Waals surface area contributed by atoms with Crippen LogP contribution in [0, 0.1) is 0 Å². The SMILES string of the molecule is c1ccc(-c2nc(-c3ccccc3)nc(-c3ccc4c(c3)sc3ccc(-n5c6ccccc6c6ccc7c8ccccc8oc7c65)cc34)n2)cc1.c1ccc(-c2nc(-c3ccccc3)nc(-c3ccc4c(c3)sc3ccc(-n5c6ccccc6c6ccc7c8ccccc8sc7c65)cc34)n2)cc1. The van der Waals surface area contributed by atoms with Gasteiger partial charge in [0.1, 0.15) is 5.58 Å². The Balaban J connectivity index is 0.000000133. The predicted octanol–water partition coefficient (Wildman–Crippen LogP) is 24.9. The maximum absolute atomic E-state index is 6.59. The van der Waals surface area contributed by atoms with E-state index in [9.17, 15) is 0 Å². The van der Waals surface area contributed by atoms with Crippen LogP contribution in [0.1, 0.15) is 0 Å². The van der Waals surface area contributed by atoms with Crippen LogP contribution in [-0.4, -0.2) is 39.0 Å². The van der Waals surface area contributed by atoms with Crippen LogP contribution >= 0.6 is 34.0 Å². The number of fused-ring (bicyclic) bond motifs is 20. The van der Waals surface area contributed by atoms with Gasteiger partial charge in [0.25, 0.3) is 0 Å². The van der Waals surface area contributed by atoms with E-state index in [0.717, 1.165) is 72.0 Å². The lowest BCUT2D eigenvalue weighted by Crippen LogP contribution is -1.99. The maximum atomic E-state index is 6.59. The van der Waals surface area contributed by atoms with Gasteiger partial charge in [-0.15, -0.1) is 34.0 Å². The molecule has 102 heavy (non-hydrogen) atoms. The lowest BCUT2D eigenvalue weighted by atomic mass is 10.1. The lowest BCUT2D eigenvalue weighted by Gasteiger charge is -2.09. The molecule has 0 bridgehead atoms. The van der Waals surface area contributed by atoms with Crippen LogP contribution in [0.5, 0.6) is 0 Å². The van der Waals surface area contributed by atoms with Crippen molar-refractivity contribution in [1.82, 2.24) is 39.0 Å². The molecule has 22 rings (SSSR count). The van der Waals surface area contributed by atoms with E-state index in [4.69, 9.17) is 34.3 Å². The topological polar surface area (TPSA) is 100 Å². The number of hydrogen-bond acceptors (Lipinski definition) is 10. The van der Waals surface area contributed by atoms with Gasteiger partial charge in [-0.1, -0.05) is 237 Å². The summed E-state index contributed by atoms with van der Waals surface area (Å²) in [5, 5.41) is 14.7. The zero-order valence-corrected chi connectivity index (χ0v) is 56.7. The van der Waals surface area contributed by atoms with Crippen molar-refractivity contribution in [2.45, 2.75) is 0 Å². The Kier molecular flexibility index (Phi) is 13.3. The zero-order chi connectivity index (χ0) is 66.9. The van der Waals surface area contributed by atoms with Gasteiger partial charge in [-0.25, -0.2) is 29.9 Å². The molecule has 0 saturated heterocycles. The van der Waals surface area contributed by atoms with Crippen molar-refractivity contribution >= 4 is 160 Å². The third kappa shape index (κ3) is 9.49. The molecular formula is C90H52N8OS3. The molecule has 0 amide bonds. The van der Waals surface area contributed by atoms with E-state index in [2.05, 4.69) is 191 Å². The predicted molar refractivity (Wildman–Crippen MR) is 427 cm³/mol. The van der Waals surface area contributed by atoms with Crippen molar-refractivity contribution in [2.75, 3.05) is 0 Å². The molecule has 0 saturated carbocycles. The zero-order valence-electron chi connectivity index (χ0n) is 54.2. The van der Waals surface area contributed by atoms with E-state index in [0.29, 0.717) is 34.9 Å². The van der Waals surface area contributed by atoms with Crippen LogP contribution in [0.25, 0.3) is 206 Å². The third-order valence-electron chi connectivity index (χ3n) is 19.7. The number of benzene rings is 14. The summed E-state index contributed by atoms with van der Waals surface area (Å²) in [6.45, 7) is 0. The molecule has 476 valence electrons. The van der Waals surface area contributed by atoms with Crippen LogP contribution < -0.4 is 0 Å². The fraction of sp³-hybridized carbons (Fsp3) is 0. The van der Waals surface area contributed by atoms with Crippen LogP contribution in [0.2, 0.25) is 0 Å². The first-order valence-electron chi connectivity index (χ1n) is 33.9. The van der Waals surface area contributed by atoms with Crippen LogP contribution in [-0.2, 0) is 0 Å². The molecule has 0 aliphatic heterocycles. The van der Waals surface area contributed by atoms with E-state index in [1.165, 1.54) is 98.8 Å². The van der Waals surface area contributed by atoms with Gasteiger partial charge in [0.15, 0.2) is 40.5 Å². The molecule has 0 aliphatic rings. The van der Waals surface area contributed by atoms with Crippen molar-refractivity contribution in [1.29, 1.82) is 0 Å². The van der Waals surface area contributed by atoms with Crippen molar-refractivity contribution in [3.05, 3.63) is 315 Å². The van der Waals surface area contributed by atoms with Gasteiger partial charge in [0, 0.05) is 133 Å². The highest BCUT2D eigenvalue weighted by molar-refractivity contribution is 7.27. The van der Waals surface area contributed by atoms with Crippen LogP contribution in [0.4, 0.5) is 0 Å². The van der Waals surface area contributed by atoms with Crippen molar-refractivity contribution in [2.24, 2.45) is 0 Å². The van der Waals surface area contributed by atoms with Gasteiger partial charge >= 0.3 is 0 Å². The van der Waals surface area contributed by atoms with E-state index in [-0.39, 0.29) is 0 Å². The largest absolute Gasteiger partial charge is 0.454 e. The standard InChI is InChI=1S/C45H26N4OS.C45H26N4S2/c1-3-11-27(12-4-1)43-46-44(28-13-5-2-6-14-28)48-45(47-43)29-19-21-33-36-26-30(20-24-39(36)51-40(33)25-29)49-37-17-9-7-15-31(37)34-22-23-35-32-16-8-10-18-38(32)50-42(35)41(34)49;1-3-11-27(12-4-1)43-46-44(28-13-5-2-6-14-28)48-45(47-43)29-19-21-33-36-26-30(20-24-39(36)50-40(33)25-29)49-37-17-9-7-15-31(37)34-22-23-35-32-16-8-10-18-38(32)51-42(35)41(34)49/h2*1-26H. The summed E-state index contributed by atoms with van der Waals surface area (Å²) < 4.78 is 18.9. The Morgan fingerprint density at radius 2 is 0.588 bits per heavy atom. The quantitative estimate of drug-likeness (QED) is 0.149. The smallest absolute Gasteiger partial charge is 0.164 e. The summed E-state index contributed by atoms with van der Waals surface area (Å²) >= 11 is 5.49. The second-order valence-corrected chi connectivity index (χ2v) is 28.9. The Morgan fingerprint density at radius 3 is 1.09 bits per heavy atom. The van der Waals surface area contributed by atoms with E-state index in [1.54, 1.807) is 11.3 Å². The van der Waals surface area contributed by atoms with Gasteiger partial charge in [0.2, 0.25) is 0 Å². The third-order valence-corrected chi connectivity index (χ3v) is 23.2. The molecular weight excluding hydrogens is 1310 g/mol. The Bertz CT molecular complexity index is 6590. The molecule has 0 aliphatic carbocycles. The lowest BCUT2D eigenvalue weighted by molar-refractivity contribution is 0.671. The summed E-state index contributed by atoms with van der Waals surface area (Å²) in [5.74, 6) is 3.97. The molecule has 0 atom stereocenters. The minimum atomic E-state index is 0.655. The minimum Gasteiger partial charge on any atom is -0.454 e. The number of para-hydroxylation sites is 3. The molecule has 12 heteroatoms. The van der Waals surface area contributed by atoms with Gasteiger partial charge in [-0.2, -0.15) is 0 Å². The molecule has 0 spiro atoms. The normalized spacial score (nSPS) is 11.9. The average Bonchev–Trinajstić information content (AvgIpc) is 1.56. The minimum absolute atomic E-state index is 0.655. The summed E-state index contributed by atoms with van der Waals surface area (Å²) in [6.07, 6.45) is 0. The number of thiophene rings is 3. The Morgan fingerprint density at radius 1 is 0.225 bits per heavy atom. The molecule has 0 radical (unpaired) electrons. The van der Waals surface area contributed by atoms with Gasteiger partial charge in [-0.05, 0) is 78.9 Å². The van der Waals surface area contributed by atoms with E-state index in [1.807, 2.05) is 156 Å². The van der Waals surface area contributed by atoms with E-state index >= 15 is 0 Å². The Labute approximate surface area is 594 Å². The van der Waals surface area contributed by atoms with Crippen molar-refractivity contribution < 1.29 is 4.42 Å². The first-order valence-corrected chi connectivity index (χ1v) is 36.3. The van der Waals surface area contributed by atoms with Crippen LogP contribution in [0.3, 0.4) is 0 Å². The number of rotatable bonds is 8. The monoisotopic (exact) mass is 1360 g/mol. The number of aromatic nitrogens is 8. The highest BCUT2D eigenvalue weighted by Crippen LogP contribution is 2.47. The molecule has 8 heterocycles. The second kappa shape index (κ2) is 23.4. The summed E-state index contributed by atoms with van der Waals surface area (Å²) in [6, 6.07) is 111. The molecule has 0 fully saturated rings. The van der Waals surface area contributed by atoms with Gasteiger partial charge in [-0.3, -0.25) is 0 Å². The number of hydrogen-bond donors (Lipinski definition) is 0.